The Balaban J connectivity index is 4.36. The Labute approximate surface area is 383 Å². The average Bonchev–Trinajstić information content (AvgIpc) is 3.27. The topological polar surface area (TPSA) is 78.9 Å². The monoisotopic (exact) mass is 867 g/mol. The normalized spacial score (nSPS) is 12.5. The molecule has 0 rings (SSSR count). The number of esters is 3. The molecule has 6 nitrogen and oxygen atoms in total. The first-order valence-electron chi connectivity index (χ1n) is 26.3. The van der Waals surface area contributed by atoms with Crippen molar-refractivity contribution in [2.24, 2.45) is 0 Å². The summed E-state index contributed by atoms with van der Waals surface area (Å²) in [6, 6.07) is 0. The van der Waals surface area contributed by atoms with E-state index in [1.165, 1.54) is 122 Å². The molecule has 0 N–H and O–H groups in total. The summed E-state index contributed by atoms with van der Waals surface area (Å²) in [6.45, 7) is 6.39. The van der Waals surface area contributed by atoms with Gasteiger partial charge in [0.1, 0.15) is 13.2 Å². The molecule has 0 aromatic carbocycles. The summed E-state index contributed by atoms with van der Waals surface area (Å²) < 4.78 is 16.8. The first-order chi connectivity index (χ1) is 30.5. The highest BCUT2D eigenvalue weighted by Gasteiger charge is 2.19. The minimum Gasteiger partial charge on any atom is -0.462 e. The van der Waals surface area contributed by atoms with Crippen LogP contribution < -0.4 is 0 Å². The molecular formula is C56H98O6. The molecule has 0 spiro atoms. The van der Waals surface area contributed by atoms with E-state index in [0.717, 1.165) is 96.3 Å². The number of allylic oxidation sites excluding steroid dienone is 10. The van der Waals surface area contributed by atoms with Gasteiger partial charge < -0.3 is 14.2 Å². The van der Waals surface area contributed by atoms with Crippen molar-refractivity contribution in [3.63, 3.8) is 0 Å². The Bertz CT molecular complexity index is 1130. The van der Waals surface area contributed by atoms with Gasteiger partial charge in [-0.05, 0) is 77.0 Å². The van der Waals surface area contributed by atoms with E-state index in [4.69, 9.17) is 14.2 Å². The number of hydrogen-bond acceptors (Lipinski definition) is 6. The molecule has 0 saturated carbocycles. The molecule has 0 saturated heterocycles. The first-order valence-corrected chi connectivity index (χ1v) is 26.3. The van der Waals surface area contributed by atoms with Crippen LogP contribution in [0.5, 0.6) is 0 Å². The van der Waals surface area contributed by atoms with Crippen LogP contribution in [0.25, 0.3) is 0 Å². The maximum Gasteiger partial charge on any atom is 0.306 e. The highest BCUT2D eigenvalue weighted by molar-refractivity contribution is 5.71. The van der Waals surface area contributed by atoms with Gasteiger partial charge in [-0.15, -0.1) is 0 Å². The number of carbonyl (C=O) groups is 3. The first kappa shape index (κ1) is 59.1. The molecule has 0 aromatic rings. The van der Waals surface area contributed by atoms with E-state index in [1.54, 1.807) is 0 Å². The Morgan fingerprint density at radius 1 is 0.339 bits per heavy atom. The van der Waals surface area contributed by atoms with Gasteiger partial charge in [0.25, 0.3) is 0 Å². The number of ether oxygens (including phenoxy) is 3. The van der Waals surface area contributed by atoms with E-state index in [-0.39, 0.29) is 31.1 Å². The van der Waals surface area contributed by atoms with Crippen molar-refractivity contribution < 1.29 is 28.6 Å². The smallest absolute Gasteiger partial charge is 0.306 e. The highest BCUT2D eigenvalue weighted by atomic mass is 16.6. The fraction of sp³-hybridized carbons (Fsp3) is 0.768. The van der Waals surface area contributed by atoms with Crippen molar-refractivity contribution in [3.8, 4) is 0 Å². The number of carbonyl (C=O) groups excluding carboxylic acids is 3. The van der Waals surface area contributed by atoms with Crippen LogP contribution in [0, 0.1) is 0 Å². The van der Waals surface area contributed by atoms with E-state index < -0.39 is 6.10 Å². The van der Waals surface area contributed by atoms with Crippen molar-refractivity contribution in [1.82, 2.24) is 0 Å². The van der Waals surface area contributed by atoms with E-state index in [9.17, 15) is 14.4 Å². The van der Waals surface area contributed by atoms with Gasteiger partial charge in [0.2, 0.25) is 0 Å². The molecule has 0 aromatic heterocycles. The van der Waals surface area contributed by atoms with E-state index in [1.807, 2.05) is 0 Å². The Kier molecular flexibility index (Phi) is 48.4. The standard InChI is InChI=1S/C56H98O6/c1-4-7-10-13-16-19-22-25-27-28-29-30-32-34-37-40-43-46-49-55(58)61-52-53(51-60-54(57)48-45-42-39-36-33-24-21-18-15-12-9-6-3)62-56(59)50-47-44-41-38-35-31-26-23-20-17-14-11-8-5-2/h8-9,11-12,17-18,20-21,33,36,53H,4-7,10,13-16,19,22-32,34-35,37-52H2,1-3H3/b11-8-,12-9-,20-17-,21-18-,36-33-. The van der Waals surface area contributed by atoms with Gasteiger partial charge in [-0.3, -0.25) is 14.4 Å². The van der Waals surface area contributed by atoms with Crippen LogP contribution in [0.4, 0.5) is 0 Å². The summed E-state index contributed by atoms with van der Waals surface area (Å²) in [5, 5.41) is 0. The SMILES string of the molecule is CC/C=C\C/C=C\C/C=C\CCCCC(=O)OCC(COC(=O)CCCCCCCCCCCCCCCCCCCC)OC(=O)CCCCCCCCC/C=C\C/C=C\CC. The lowest BCUT2D eigenvalue weighted by molar-refractivity contribution is -0.167. The molecule has 0 aliphatic carbocycles. The van der Waals surface area contributed by atoms with Crippen LogP contribution >= 0.6 is 0 Å². The molecule has 1 unspecified atom stereocenters. The number of rotatable bonds is 47. The summed E-state index contributed by atoms with van der Waals surface area (Å²) >= 11 is 0. The second-order valence-electron chi connectivity index (χ2n) is 17.4. The summed E-state index contributed by atoms with van der Waals surface area (Å²) in [6.07, 6.45) is 62.2. The third kappa shape index (κ3) is 48.1. The lowest BCUT2D eigenvalue weighted by Crippen LogP contribution is -2.30. The quantitative estimate of drug-likeness (QED) is 0.0262. The van der Waals surface area contributed by atoms with Crippen molar-refractivity contribution in [2.45, 2.75) is 264 Å². The van der Waals surface area contributed by atoms with Crippen molar-refractivity contribution in [1.29, 1.82) is 0 Å². The highest BCUT2D eigenvalue weighted by Crippen LogP contribution is 2.16. The van der Waals surface area contributed by atoms with Crippen LogP contribution in [-0.2, 0) is 28.6 Å². The largest absolute Gasteiger partial charge is 0.462 e. The predicted molar refractivity (Wildman–Crippen MR) is 265 cm³/mol. The number of unbranched alkanes of at least 4 members (excludes halogenated alkanes) is 26. The van der Waals surface area contributed by atoms with Crippen LogP contribution in [0.2, 0.25) is 0 Å². The molecule has 0 radical (unpaired) electrons. The molecule has 0 amide bonds. The Morgan fingerprint density at radius 2 is 0.629 bits per heavy atom. The third-order valence-corrected chi connectivity index (χ3v) is 11.3. The van der Waals surface area contributed by atoms with Crippen molar-refractivity contribution >= 4 is 17.9 Å². The summed E-state index contributed by atoms with van der Waals surface area (Å²) in [7, 11) is 0. The summed E-state index contributed by atoms with van der Waals surface area (Å²) in [5.74, 6) is -0.931. The Morgan fingerprint density at radius 3 is 1.02 bits per heavy atom. The minimum absolute atomic E-state index is 0.0876. The molecule has 358 valence electrons. The van der Waals surface area contributed by atoms with E-state index in [0.29, 0.717) is 19.3 Å². The third-order valence-electron chi connectivity index (χ3n) is 11.3. The molecule has 62 heavy (non-hydrogen) atoms. The second kappa shape index (κ2) is 50.8. The van der Waals surface area contributed by atoms with Crippen LogP contribution in [0.3, 0.4) is 0 Å². The van der Waals surface area contributed by atoms with Gasteiger partial charge in [-0.1, -0.05) is 223 Å². The molecule has 0 aliphatic rings. The molecule has 0 bridgehead atoms. The van der Waals surface area contributed by atoms with Gasteiger partial charge in [0.15, 0.2) is 6.10 Å². The Hall–Kier alpha value is -2.89. The zero-order chi connectivity index (χ0) is 45.1. The minimum atomic E-state index is -0.791. The lowest BCUT2D eigenvalue weighted by atomic mass is 10.0. The van der Waals surface area contributed by atoms with Crippen molar-refractivity contribution in [2.75, 3.05) is 13.2 Å². The van der Waals surface area contributed by atoms with Crippen LogP contribution in [0.15, 0.2) is 60.8 Å². The molecule has 1 atom stereocenters. The van der Waals surface area contributed by atoms with Gasteiger partial charge in [0, 0.05) is 19.3 Å². The summed E-state index contributed by atoms with van der Waals surface area (Å²) in [4.78, 5) is 38.0. The van der Waals surface area contributed by atoms with Gasteiger partial charge in [-0.25, -0.2) is 0 Å². The molecule has 0 heterocycles. The summed E-state index contributed by atoms with van der Waals surface area (Å²) in [5.41, 5.74) is 0. The molecule has 0 aliphatic heterocycles. The predicted octanol–water partition coefficient (Wildman–Crippen LogP) is 17.3. The molecule has 6 heteroatoms. The fourth-order valence-electron chi connectivity index (χ4n) is 7.38. The van der Waals surface area contributed by atoms with Gasteiger partial charge >= 0.3 is 17.9 Å². The van der Waals surface area contributed by atoms with Crippen LogP contribution in [0.1, 0.15) is 258 Å². The second-order valence-corrected chi connectivity index (χ2v) is 17.4. The van der Waals surface area contributed by atoms with Crippen molar-refractivity contribution in [3.05, 3.63) is 60.8 Å². The zero-order valence-electron chi connectivity index (χ0n) is 40.9. The maximum absolute atomic E-state index is 12.8. The molecular weight excluding hydrogens is 769 g/mol. The van der Waals surface area contributed by atoms with E-state index >= 15 is 0 Å². The molecule has 0 fully saturated rings. The van der Waals surface area contributed by atoms with Gasteiger partial charge in [-0.2, -0.15) is 0 Å². The van der Waals surface area contributed by atoms with E-state index in [2.05, 4.69) is 81.5 Å². The maximum atomic E-state index is 12.8. The average molecular weight is 867 g/mol. The fourth-order valence-corrected chi connectivity index (χ4v) is 7.38. The van der Waals surface area contributed by atoms with Crippen LogP contribution in [-0.4, -0.2) is 37.2 Å². The lowest BCUT2D eigenvalue weighted by Gasteiger charge is -2.18. The zero-order valence-corrected chi connectivity index (χ0v) is 40.9. The number of hydrogen-bond donors (Lipinski definition) is 0. The van der Waals surface area contributed by atoms with Gasteiger partial charge in [0.05, 0.1) is 0 Å².